The van der Waals surface area contributed by atoms with Gasteiger partial charge in [-0.25, -0.2) is 0 Å². The fourth-order valence-corrected chi connectivity index (χ4v) is 2.87. The molecule has 1 aromatic carbocycles. The summed E-state index contributed by atoms with van der Waals surface area (Å²) in [5, 5.41) is 21.3. The third-order valence-electron chi connectivity index (χ3n) is 3.92. The van der Waals surface area contributed by atoms with E-state index in [0.717, 1.165) is 5.56 Å². The van der Waals surface area contributed by atoms with Crippen LogP contribution in [-0.2, 0) is 9.59 Å². The van der Waals surface area contributed by atoms with E-state index in [1.807, 2.05) is 6.92 Å². The van der Waals surface area contributed by atoms with Gasteiger partial charge in [0.15, 0.2) is 0 Å². The van der Waals surface area contributed by atoms with Crippen LogP contribution in [0, 0.1) is 24.7 Å². The zero-order chi connectivity index (χ0) is 14.9. The van der Waals surface area contributed by atoms with E-state index in [9.17, 15) is 19.8 Å². The van der Waals surface area contributed by atoms with Gasteiger partial charge in [0.25, 0.3) is 0 Å². The van der Waals surface area contributed by atoms with Crippen LogP contribution in [0.25, 0.3) is 0 Å². The molecule has 1 saturated carbocycles. The number of hydrogen-bond acceptors (Lipinski definition) is 3. The lowest BCUT2D eigenvalue weighted by Gasteiger charge is -2.16. The molecule has 0 bridgehead atoms. The maximum absolute atomic E-state index is 12.3. The average molecular weight is 277 g/mol. The number of carboxylic acid groups (broad SMARTS) is 1. The van der Waals surface area contributed by atoms with Crippen molar-refractivity contribution in [3.8, 4) is 5.75 Å². The average Bonchev–Trinajstić information content (AvgIpc) is 2.75. The summed E-state index contributed by atoms with van der Waals surface area (Å²) in [5.74, 6) is -1.88. The normalized spacial score (nSPS) is 25.4. The molecule has 0 spiro atoms. The molecule has 0 radical (unpaired) electrons. The monoisotopic (exact) mass is 277 g/mol. The predicted molar refractivity (Wildman–Crippen MR) is 74.5 cm³/mol. The summed E-state index contributed by atoms with van der Waals surface area (Å²) in [6.07, 6.45) is 1.14. The standard InChI is InChI=1S/C15H19NO4/c1-8-5-11(12(6-8)15(19)20)14(18)16-13-4-3-10(17)7-9(13)2/h3-4,7-8,11-12,17H,5-6H2,1-2H3,(H,16,18)(H,19,20)/t8?,11-,12+/m0/s1. The van der Waals surface area contributed by atoms with Gasteiger partial charge < -0.3 is 15.5 Å². The molecule has 1 unspecified atom stereocenters. The van der Waals surface area contributed by atoms with Crippen LogP contribution in [0.4, 0.5) is 5.69 Å². The van der Waals surface area contributed by atoms with Crippen LogP contribution in [0.1, 0.15) is 25.3 Å². The number of amides is 1. The third-order valence-corrected chi connectivity index (χ3v) is 3.92. The van der Waals surface area contributed by atoms with E-state index in [1.54, 1.807) is 19.1 Å². The SMILES string of the molecule is Cc1cc(O)ccc1NC(=O)[C@H]1CC(C)C[C@H]1C(=O)O. The minimum Gasteiger partial charge on any atom is -0.508 e. The number of hydrogen-bond donors (Lipinski definition) is 3. The Morgan fingerprint density at radius 1 is 1.25 bits per heavy atom. The molecule has 5 heteroatoms. The van der Waals surface area contributed by atoms with Crippen LogP contribution < -0.4 is 5.32 Å². The summed E-state index contributed by atoms with van der Waals surface area (Å²) >= 11 is 0. The van der Waals surface area contributed by atoms with Crippen molar-refractivity contribution in [3.63, 3.8) is 0 Å². The molecule has 1 aromatic rings. The summed E-state index contributed by atoms with van der Waals surface area (Å²) < 4.78 is 0. The van der Waals surface area contributed by atoms with E-state index >= 15 is 0 Å². The number of rotatable bonds is 3. The molecule has 3 atom stereocenters. The Bertz CT molecular complexity index is 541. The molecule has 2 rings (SSSR count). The van der Waals surface area contributed by atoms with Crippen molar-refractivity contribution >= 4 is 17.6 Å². The van der Waals surface area contributed by atoms with Gasteiger partial charge in [-0.05, 0) is 49.4 Å². The second-order valence-corrected chi connectivity index (χ2v) is 5.62. The quantitative estimate of drug-likeness (QED) is 0.740. The van der Waals surface area contributed by atoms with Crippen LogP contribution in [0.15, 0.2) is 18.2 Å². The second-order valence-electron chi connectivity index (χ2n) is 5.62. The van der Waals surface area contributed by atoms with Gasteiger partial charge in [-0.1, -0.05) is 6.92 Å². The van der Waals surface area contributed by atoms with Crippen LogP contribution in [0.2, 0.25) is 0 Å². The smallest absolute Gasteiger partial charge is 0.307 e. The minimum atomic E-state index is -0.906. The topological polar surface area (TPSA) is 86.6 Å². The zero-order valence-corrected chi connectivity index (χ0v) is 11.6. The van der Waals surface area contributed by atoms with Gasteiger partial charge in [-0.2, -0.15) is 0 Å². The molecule has 1 fully saturated rings. The van der Waals surface area contributed by atoms with Crippen LogP contribution in [0.5, 0.6) is 5.75 Å². The molecule has 3 N–H and O–H groups in total. The Balaban J connectivity index is 2.13. The number of phenols is 1. The molecule has 0 aromatic heterocycles. The molecule has 5 nitrogen and oxygen atoms in total. The van der Waals surface area contributed by atoms with E-state index < -0.39 is 17.8 Å². The fourth-order valence-electron chi connectivity index (χ4n) is 2.87. The Hall–Kier alpha value is -2.04. The summed E-state index contributed by atoms with van der Waals surface area (Å²) in [6, 6.07) is 4.67. The Kier molecular flexibility index (Phi) is 3.97. The van der Waals surface area contributed by atoms with Gasteiger partial charge in [0.1, 0.15) is 5.75 Å². The predicted octanol–water partition coefficient (Wildman–Crippen LogP) is 2.39. The van der Waals surface area contributed by atoms with Crippen LogP contribution >= 0.6 is 0 Å². The van der Waals surface area contributed by atoms with E-state index in [1.165, 1.54) is 6.07 Å². The first kappa shape index (κ1) is 14.4. The van der Waals surface area contributed by atoms with Gasteiger partial charge in [-0.15, -0.1) is 0 Å². The molecule has 0 aliphatic heterocycles. The van der Waals surface area contributed by atoms with Crippen molar-refractivity contribution in [2.75, 3.05) is 5.32 Å². The van der Waals surface area contributed by atoms with Gasteiger partial charge >= 0.3 is 5.97 Å². The number of carbonyl (C=O) groups excluding carboxylic acids is 1. The molecule has 20 heavy (non-hydrogen) atoms. The number of carboxylic acids is 1. The fraction of sp³-hybridized carbons (Fsp3) is 0.467. The van der Waals surface area contributed by atoms with Gasteiger partial charge in [0.05, 0.1) is 11.8 Å². The highest BCUT2D eigenvalue weighted by atomic mass is 16.4. The van der Waals surface area contributed by atoms with E-state index in [-0.39, 0.29) is 17.6 Å². The van der Waals surface area contributed by atoms with Crippen molar-refractivity contribution < 1.29 is 19.8 Å². The number of benzene rings is 1. The summed E-state index contributed by atoms with van der Waals surface area (Å²) in [5.41, 5.74) is 1.35. The summed E-state index contributed by atoms with van der Waals surface area (Å²) in [4.78, 5) is 23.5. The van der Waals surface area contributed by atoms with Crippen molar-refractivity contribution in [1.29, 1.82) is 0 Å². The molecule has 0 saturated heterocycles. The van der Waals surface area contributed by atoms with Crippen molar-refractivity contribution in [1.82, 2.24) is 0 Å². The molecule has 108 valence electrons. The first-order chi connectivity index (χ1) is 9.38. The van der Waals surface area contributed by atoms with E-state index in [0.29, 0.717) is 18.5 Å². The zero-order valence-electron chi connectivity index (χ0n) is 11.6. The van der Waals surface area contributed by atoms with Crippen LogP contribution in [-0.4, -0.2) is 22.1 Å². The third kappa shape index (κ3) is 2.92. The van der Waals surface area contributed by atoms with Gasteiger partial charge in [-0.3, -0.25) is 9.59 Å². The highest BCUT2D eigenvalue weighted by molar-refractivity contribution is 5.96. The molecule has 1 aliphatic rings. The number of aliphatic carboxylic acids is 1. The number of phenolic OH excluding ortho intramolecular Hbond substituents is 1. The molecular weight excluding hydrogens is 258 g/mol. The van der Waals surface area contributed by atoms with Crippen molar-refractivity contribution in [3.05, 3.63) is 23.8 Å². The number of nitrogens with one attached hydrogen (secondary N) is 1. The lowest BCUT2D eigenvalue weighted by atomic mass is 9.95. The van der Waals surface area contributed by atoms with Crippen LogP contribution in [0.3, 0.4) is 0 Å². The Labute approximate surface area is 117 Å². The van der Waals surface area contributed by atoms with E-state index in [2.05, 4.69) is 5.32 Å². The van der Waals surface area contributed by atoms with Gasteiger partial charge in [0.2, 0.25) is 5.91 Å². The number of anilines is 1. The molecule has 1 amide bonds. The highest BCUT2D eigenvalue weighted by Gasteiger charge is 2.41. The van der Waals surface area contributed by atoms with Crippen molar-refractivity contribution in [2.24, 2.45) is 17.8 Å². The summed E-state index contributed by atoms with van der Waals surface area (Å²) in [7, 11) is 0. The maximum atomic E-state index is 12.3. The molecular formula is C15H19NO4. The molecule has 1 aliphatic carbocycles. The number of carbonyl (C=O) groups is 2. The van der Waals surface area contributed by atoms with Gasteiger partial charge in [0, 0.05) is 5.69 Å². The highest BCUT2D eigenvalue weighted by Crippen LogP contribution is 2.37. The van der Waals surface area contributed by atoms with Crippen molar-refractivity contribution in [2.45, 2.75) is 26.7 Å². The number of aryl methyl sites for hydroxylation is 1. The first-order valence-electron chi connectivity index (χ1n) is 6.71. The largest absolute Gasteiger partial charge is 0.508 e. The minimum absolute atomic E-state index is 0.137. The lowest BCUT2D eigenvalue weighted by Crippen LogP contribution is -2.30. The second kappa shape index (κ2) is 5.53. The first-order valence-corrected chi connectivity index (χ1v) is 6.71. The summed E-state index contributed by atoms with van der Waals surface area (Å²) in [6.45, 7) is 3.75. The lowest BCUT2D eigenvalue weighted by molar-refractivity contribution is -0.145. The molecule has 0 heterocycles. The Morgan fingerprint density at radius 2 is 1.90 bits per heavy atom. The van der Waals surface area contributed by atoms with E-state index in [4.69, 9.17) is 0 Å². The number of aromatic hydroxyl groups is 1. The Morgan fingerprint density at radius 3 is 2.50 bits per heavy atom. The maximum Gasteiger partial charge on any atom is 0.307 e.